The number of aryl methyl sites for hydroxylation is 1. The largest absolute Gasteiger partial charge is 0.489 e. The zero-order chi connectivity index (χ0) is 22.3. The molecule has 0 bridgehead atoms. The van der Waals surface area contributed by atoms with Crippen molar-refractivity contribution < 1.29 is 14.3 Å². The van der Waals surface area contributed by atoms with Gasteiger partial charge < -0.3 is 9.64 Å². The van der Waals surface area contributed by atoms with Gasteiger partial charge in [-0.1, -0.05) is 48.0 Å². The predicted molar refractivity (Wildman–Crippen MR) is 125 cm³/mol. The van der Waals surface area contributed by atoms with Crippen molar-refractivity contribution in [3.05, 3.63) is 95.6 Å². The highest BCUT2D eigenvalue weighted by molar-refractivity contribution is 6.00. The number of amides is 2. The van der Waals surface area contributed by atoms with E-state index in [-0.39, 0.29) is 18.2 Å². The topological polar surface area (TPSA) is 71.0 Å². The number of ether oxygens (including phenoxy) is 1. The lowest BCUT2D eigenvalue weighted by Gasteiger charge is -2.16. The summed E-state index contributed by atoms with van der Waals surface area (Å²) >= 11 is 0. The van der Waals surface area contributed by atoms with E-state index in [2.05, 4.69) is 10.5 Å². The molecule has 0 spiro atoms. The number of hydrogen-bond acceptors (Lipinski definition) is 4. The standard InChI is InChI=1S/C26H25N3O3/c1-19-7-11-23(12-8-19)29-17-22(15-25(29)30)26(31)28-27-16-20-9-13-24(14-10-20)32-18-21-5-3-2-4-6-21/h2-14,16,22H,15,17-18H2,1H3,(H,28,31)/b27-16-/t22-/m0/s1. The zero-order valence-electron chi connectivity index (χ0n) is 17.9. The van der Waals surface area contributed by atoms with E-state index in [0.717, 1.165) is 28.1 Å². The normalized spacial score (nSPS) is 15.8. The molecular formula is C26H25N3O3. The van der Waals surface area contributed by atoms with Crippen molar-refractivity contribution in [1.82, 2.24) is 5.43 Å². The zero-order valence-corrected chi connectivity index (χ0v) is 17.9. The second-order valence-corrected chi connectivity index (χ2v) is 7.82. The van der Waals surface area contributed by atoms with Gasteiger partial charge in [0.2, 0.25) is 11.8 Å². The van der Waals surface area contributed by atoms with Crippen LogP contribution < -0.4 is 15.1 Å². The minimum Gasteiger partial charge on any atom is -0.489 e. The fourth-order valence-electron chi connectivity index (χ4n) is 3.51. The van der Waals surface area contributed by atoms with E-state index in [9.17, 15) is 9.59 Å². The Bertz CT molecular complexity index is 1090. The Morgan fingerprint density at radius 2 is 1.78 bits per heavy atom. The summed E-state index contributed by atoms with van der Waals surface area (Å²) in [7, 11) is 0. The molecule has 1 fully saturated rings. The summed E-state index contributed by atoms with van der Waals surface area (Å²) < 4.78 is 5.77. The molecule has 1 N–H and O–H groups in total. The van der Waals surface area contributed by atoms with Gasteiger partial charge in [0.15, 0.2) is 0 Å². The van der Waals surface area contributed by atoms with Crippen LogP contribution in [-0.4, -0.2) is 24.6 Å². The van der Waals surface area contributed by atoms with Crippen molar-refractivity contribution >= 4 is 23.7 Å². The maximum absolute atomic E-state index is 12.5. The highest BCUT2D eigenvalue weighted by Gasteiger charge is 2.35. The number of carbonyl (C=O) groups excluding carboxylic acids is 2. The van der Waals surface area contributed by atoms with Crippen LogP contribution in [0.4, 0.5) is 5.69 Å². The summed E-state index contributed by atoms with van der Waals surface area (Å²) in [4.78, 5) is 26.5. The first kappa shape index (κ1) is 21.3. The first-order valence-corrected chi connectivity index (χ1v) is 10.6. The van der Waals surface area contributed by atoms with Crippen LogP contribution in [0, 0.1) is 12.8 Å². The van der Waals surface area contributed by atoms with E-state index in [1.807, 2.05) is 85.8 Å². The molecule has 2 amide bonds. The van der Waals surface area contributed by atoms with Crippen molar-refractivity contribution in [2.75, 3.05) is 11.4 Å². The molecule has 3 aromatic rings. The Hall–Kier alpha value is -3.93. The first-order chi connectivity index (χ1) is 15.6. The fraction of sp³-hybridized carbons (Fsp3) is 0.192. The molecule has 1 heterocycles. The van der Waals surface area contributed by atoms with Gasteiger partial charge in [0.05, 0.1) is 12.1 Å². The van der Waals surface area contributed by atoms with Gasteiger partial charge >= 0.3 is 0 Å². The van der Waals surface area contributed by atoms with Crippen LogP contribution in [0.2, 0.25) is 0 Å². The quantitative estimate of drug-likeness (QED) is 0.456. The Labute approximate surface area is 187 Å². The lowest BCUT2D eigenvalue weighted by atomic mass is 10.1. The predicted octanol–water partition coefficient (Wildman–Crippen LogP) is 4.08. The summed E-state index contributed by atoms with van der Waals surface area (Å²) in [6, 6.07) is 25.1. The van der Waals surface area contributed by atoms with Crippen LogP contribution in [0.25, 0.3) is 0 Å². The van der Waals surface area contributed by atoms with E-state index >= 15 is 0 Å². The average Bonchev–Trinajstić information content (AvgIpc) is 3.21. The molecule has 32 heavy (non-hydrogen) atoms. The number of benzene rings is 3. The van der Waals surface area contributed by atoms with Crippen LogP contribution in [0.15, 0.2) is 84.0 Å². The maximum Gasteiger partial charge on any atom is 0.245 e. The van der Waals surface area contributed by atoms with E-state index < -0.39 is 5.92 Å². The Morgan fingerprint density at radius 3 is 2.50 bits per heavy atom. The molecule has 0 aliphatic carbocycles. The number of nitrogens with one attached hydrogen (secondary N) is 1. The first-order valence-electron chi connectivity index (χ1n) is 10.6. The fourth-order valence-corrected chi connectivity index (χ4v) is 3.51. The second-order valence-electron chi connectivity index (χ2n) is 7.82. The smallest absolute Gasteiger partial charge is 0.245 e. The molecule has 1 aliphatic heterocycles. The molecule has 0 radical (unpaired) electrons. The molecular weight excluding hydrogens is 402 g/mol. The van der Waals surface area contributed by atoms with E-state index in [0.29, 0.717) is 13.2 Å². The van der Waals surface area contributed by atoms with Gasteiger partial charge in [-0.15, -0.1) is 0 Å². The van der Waals surface area contributed by atoms with Crippen molar-refractivity contribution in [2.24, 2.45) is 11.0 Å². The molecule has 0 unspecified atom stereocenters. The number of anilines is 1. The highest BCUT2D eigenvalue weighted by Crippen LogP contribution is 2.25. The number of carbonyl (C=O) groups is 2. The Morgan fingerprint density at radius 1 is 1.06 bits per heavy atom. The van der Waals surface area contributed by atoms with Crippen LogP contribution >= 0.6 is 0 Å². The molecule has 1 saturated heterocycles. The lowest BCUT2D eigenvalue weighted by molar-refractivity contribution is -0.126. The van der Waals surface area contributed by atoms with Gasteiger partial charge in [0.25, 0.3) is 0 Å². The molecule has 0 saturated carbocycles. The number of nitrogens with zero attached hydrogens (tertiary/aromatic N) is 2. The van der Waals surface area contributed by atoms with Crippen LogP contribution in [0.3, 0.4) is 0 Å². The molecule has 6 nitrogen and oxygen atoms in total. The van der Waals surface area contributed by atoms with E-state index in [1.165, 1.54) is 0 Å². The average molecular weight is 428 g/mol. The van der Waals surface area contributed by atoms with Gasteiger partial charge in [-0.2, -0.15) is 5.10 Å². The van der Waals surface area contributed by atoms with Gasteiger partial charge in [0, 0.05) is 18.7 Å². The number of hydrazone groups is 1. The summed E-state index contributed by atoms with van der Waals surface area (Å²) in [5, 5.41) is 4.05. The molecule has 6 heteroatoms. The SMILES string of the molecule is Cc1ccc(N2C[C@@H](C(=O)N/N=C\c3ccc(OCc4ccccc4)cc3)CC2=O)cc1. The monoisotopic (exact) mass is 427 g/mol. The summed E-state index contributed by atoms with van der Waals surface area (Å²) in [5.74, 6) is 0.0292. The third kappa shape index (κ3) is 5.40. The molecule has 162 valence electrons. The van der Waals surface area contributed by atoms with E-state index in [4.69, 9.17) is 4.74 Å². The molecule has 1 atom stereocenters. The Balaban J connectivity index is 1.27. The minimum atomic E-state index is -0.422. The van der Waals surface area contributed by atoms with Crippen molar-refractivity contribution in [3.63, 3.8) is 0 Å². The van der Waals surface area contributed by atoms with Crippen LogP contribution in [0.5, 0.6) is 5.75 Å². The molecule has 0 aromatic heterocycles. The van der Waals surface area contributed by atoms with Crippen LogP contribution in [0.1, 0.15) is 23.1 Å². The van der Waals surface area contributed by atoms with Crippen molar-refractivity contribution in [3.8, 4) is 5.75 Å². The number of hydrogen-bond donors (Lipinski definition) is 1. The molecule has 3 aromatic carbocycles. The van der Waals surface area contributed by atoms with Crippen molar-refractivity contribution in [2.45, 2.75) is 20.0 Å². The Kier molecular flexibility index (Phi) is 6.60. The second kappa shape index (κ2) is 9.92. The maximum atomic E-state index is 12.5. The summed E-state index contributed by atoms with van der Waals surface area (Å²) in [5.41, 5.74) is 6.43. The third-order valence-corrected chi connectivity index (χ3v) is 5.36. The van der Waals surface area contributed by atoms with Gasteiger partial charge in [0.1, 0.15) is 12.4 Å². The molecule has 1 aliphatic rings. The summed E-state index contributed by atoms with van der Waals surface area (Å²) in [6.07, 6.45) is 1.76. The van der Waals surface area contributed by atoms with E-state index in [1.54, 1.807) is 11.1 Å². The lowest BCUT2D eigenvalue weighted by Crippen LogP contribution is -2.30. The van der Waals surface area contributed by atoms with Crippen LogP contribution in [-0.2, 0) is 16.2 Å². The van der Waals surface area contributed by atoms with Crippen molar-refractivity contribution in [1.29, 1.82) is 0 Å². The van der Waals surface area contributed by atoms with Gasteiger partial charge in [-0.05, 0) is 54.4 Å². The highest BCUT2D eigenvalue weighted by atomic mass is 16.5. The van der Waals surface area contributed by atoms with Gasteiger partial charge in [-0.25, -0.2) is 5.43 Å². The number of rotatable bonds is 7. The minimum absolute atomic E-state index is 0.0518. The summed E-state index contributed by atoms with van der Waals surface area (Å²) in [6.45, 7) is 2.86. The molecule has 4 rings (SSSR count). The van der Waals surface area contributed by atoms with Gasteiger partial charge in [-0.3, -0.25) is 9.59 Å². The third-order valence-electron chi connectivity index (χ3n) is 5.36.